The molecule has 0 aromatic heterocycles. The normalized spacial score (nSPS) is 11.5. The van der Waals surface area contributed by atoms with Gasteiger partial charge < -0.3 is 21.5 Å². The SMILES string of the molecule is NCCCC(=O)N[C@@H](CSCc1ccccc1)C(=O)NCC(=O)O. The molecule has 0 spiro atoms. The van der Waals surface area contributed by atoms with Gasteiger partial charge in [-0.05, 0) is 18.5 Å². The zero-order valence-electron chi connectivity index (χ0n) is 13.4. The largest absolute Gasteiger partial charge is 0.480 e. The molecule has 0 aliphatic rings. The number of carbonyl (C=O) groups excluding carboxylic acids is 2. The predicted octanol–water partition coefficient (Wildman–Crippen LogP) is 0.344. The number of nitrogens with two attached hydrogens (primary N) is 1. The Kier molecular flexibility index (Phi) is 9.55. The third-order valence-electron chi connectivity index (χ3n) is 3.07. The van der Waals surface area contributed by atoms with Crippen molar-refractivity contribution < 1.29 is 19.5 Å². The number of nitrogens with one attached hydrogen (secondary N) is 2. The quantitative estimate of drug-likeness (QED) is 0.455. The van der Waals surface area contributed by atoms with Crippen LogP contribution in [0.2, 0.25) is 0 Å². The minimum atomic E-state index is -1.13. The zero-order chi connectivity index (χ0) is 17.8. The first-order valence-electron chi connectivity index (χ1n) is 7.63. The van der Waals surface area contributed by atoms with E-state index in [1.807, 2.05) is 30.3 Å². The fourth-order valence-corrected chi connectivity index (χ4v) is 2.88. The highest BCUT2D eigenvalue weighted by Gasteiger charge is 2.21. The van der Waals surface area contributed by atoms with E-state index < -0.39 is 24.5 Å². The van der Waals surface area contributed by atoms with Crippen molar-refractivity contribution >= 4 is 29.5 Å². The van der Waals surface area contributed by atoms with Crippen molar-refractivity contribution in [2.75, 3.05) is 18.8 Å². The molecule has 132 valence electrons. The Labute approximate surface area is 145 Å². The molecule has 24 heavy (non-hydrogen) atoms. The molecule has 0 unspecified atom stereocenters. The van der Waals surface area contributed by atoms with Crippen molar-refractivity contribution in [3.05, 3.63) is 35.9 Å². The number of hydrogen-bond acceptors (Lipinski definition) is 5. The molecule has 0 saturated heterocycles. The maximum Gasteiger partial charge on any atom is 0.322 e. The summed E-state index contributed by atoms with van der Waals surface area (Å²) in [5, 5.41) is 13.6. The van der Waals surface area contributed by atoms with Crippen LogP contribution in [-0.2, 0) is 20.1 Å². The standard InChI is InChI=1S/C16H23N3O4S/c17-8-4-7-14(20)19-13(16(23)18-9-15(21)22)11-24-10-12-5-2-1-3-6-12/h1-3,5-6,13H,4,7-11,17H2,(H,18,23)(H,19,20)(H,21,22)/t13-/m0/s1. The van der Waals surface area contributed by atoms with E-state index in [1.54, 1.807) is 0 Å². The average Bonchev–Trinajstić information content (AvgIpc) is 2.57. The number of thioether (sulfide) groups is 1. The molecular formula is C16H23N3O4S. The first-order valence-corrected chi connectivity index (χ1v) is 8.79. The molecule has 1 aromatic carbocycles. The first-order chi connectivity index (χ1) is 11.5. The molecule has 8 heteroatoms. The van der Waals surface area contributed by atoms with Gasteiger partial charge in [-0.25, -0.2) is 0 Å². The van der Waals surface area contributed by atoms with E-state index in [0.717, 1.165) is 5.56 Å². The number of carboxylic acid groups (broad SMARTS) is 1. The lowest BCUT2D eigenvalue weighted by atomic mass is 10.2. The van der Waals surface area contributed by atoms with E-state index in [0.29, 0.717) is 24.5 Å². The Hall–Kier alpha value is -2.06. The van der Waals surface area contributed by atoms with E-state index in [1.165, 1.54) is 11.8 Å². The van der Waals surface area contributed by atoms with Crippen LogP contribution < -0.4 is 16.4 Å². The van der Waals surface area contributed by atoms with Crippen LogP contribution in [0.4, 0.5) is 0 Å². The van der Waals surface area contributed by atoms with Crippen LogP contribution in [0.15, 0.2) is 30.3 Å². The van der Waals surface area contributed by atoms with Crippen molar-refractivity contribution in [3.8, 4) is 0 Å². The van der Waals surface area contributed by atoms with Crippen LogP contribution in [0.25, 0.3) is 0 Å². The molecule has 0 heterocycles. The summed E-state index contributed by atoms with van der Waals surface area (Å²) < 4.78 is 0. The maximum absolute atomic E-state index is 12.1. The lowest BCUT2D eigenvalue weighted by Gasteiger charge is -2.17. The van der Waals surface area contributed by atoms with Gasteiger partial charge in [0, 0.05) is 17.9 Å². The first kappa shape index (κ1) is 20.0. The molecule has 1 rings (SSSR count). The van der Waals surface area contributed by atoms with Crippen LogP contribution in [0.5, 0.6) is 0 Å². The Balaban J connectivity index is 2.53. The van der Waals surface area contributed by atoms with Crippen molar-refractivity contribution in [1.82, 2.24) is 10.6 Å². The highest BCUT2D eigenvalue weighted by molar-refractivity contribution is 7.98. The highest BCUT2D eigenvalue weighted by Crippen LogP contribution is 2.13. The number of amides is 2. The third kappa shape index (κ3) is 8.54. The minimum absolute atomic E-state index is 0.239. The summed E-state index contributed by atoms with van der Waals surface area (Å²) in [6.45, 7) is -0.0800. The average molecular weight is 353 g/mol. The van der Waals surface area contributed by atoms with Crippen LogP contribution >= 0.6 is 11.8 Å². The Bertz CT molecular complexity index is 539. The van der Waals surface area contributed by atoms with Crippen LogP contribution in [-0.4, -0.2) is 47.8 Å². The summed E-state index contributed by atoms with van der Waals surface area (Å²) in [5.74, 6) is -0.847. The monoisotopic (exact) mass is 353 g/mol. The topological polar surface area (TPSA) is 122 Å². The third-order valence-corrected chi connectivity index (χ3v) is 4.18. The number of aliphatic carboxylic acids is 1. The molecule has 0 radical (unpaired) electrons. The van der Waals surface area contributed by atoms with Gasteiger partial charge in [-0.2, -0.15) is 11.8 Å². The van der Waals surface area contributed by atoms with Gasteiger partial charge in [0.15, 0.2) is 0 Å². The van der Waals surface area contributed by atoms with Gasteiger partial charge in [0.25, 0.3) is 0 Å². The van der Waals surface area contributed by atoms with Gasteiger partial charge in [0.2, 0.25) is 11.8 Å². The van der Waals surface area contributed by atoms with Crippen LogP contribution in [0, 0.1) is 0 Å². The Morgan fingerprint density at radius 2 is 1.92 bits per heavy atom. The summed E-state index contributed by atoms with van der Waals surface area (Å²) in [6, 6.07) is 8.97. The van der Waals surface area contributed by atoms with Gasteiger partial charge in [-0.3, -0.25) is 14.4 Å². The smallest absolute Gasteiger partial charge is 0.322 e. The Morgan fingerprint density at radius 1 is 1.21 bits per heavy atom. The molecule has 0 aliphatic heterocycles. The van der Waals surface area contributed by atoms with Crippen molar-refractivity contribution in [2.45, 2.75) is 24.6 Å². The van der Waals surface area contributed by atoms with E-state index >= 15 is 0 Å². The molecule has 0 fully saturated rings. The number of rotatable bonds is 11. The summed E-state index contributed by atoms with van der Waals surface area (Å²) >= 11 is 1.50. The molecule has 7 nitrogen and oxygen atoms in total. The molecule has 0 saturated carbocycles. The molecule has 0 bridgehead atoms. The van der Waals surface area contributed by atoms with Gasteiger partial charge in [0.05, 0.1) is 0 Å². The van der Waals surface area contributed by atoms with Crippen molar-refractivity contribution in [3.63, 3.8) is 0 Å². The van der Waals surface area contributed by atoms with E-state index in [9.17, 15) is 14.4 Å². The molecule has 5 N–H and O–H groups in total. The van der Waals surface area contributed by atoms with E-state index in [4.69, 9.17) is 10.8 Å². The number of hydrogen-bond donors (Lipinski definition) is 4. The fourth-order valence-electron chi connectivity index (χ4n) is 1.87. The van der Waals surface area contributed by atoms with Gasteiger partial charge in [-0.1, -0.05) is 30.3 Å². The van der Waals surface area contributed by atoms with Crippen LogP contribution in [0.1, 0.15) is 18.4 Å². The van der Waals surface area contributed by atoms with E-state index in [-0.39, 0.29) is 12.3 Å². The summed E-state index contributed by atoms with van der Waals surface area (Å²) in [5.41, 5.74) is 6.48. The summed E-state index contributed by atoms with van der Waals surface area (Å²) in [6.07, 6.45) is 0.773. The lowest BCUT2D eigenvalue weighted by molar-refractivity contribution is -0.138. The predicted molar refractivity (Wildman–Crippen MR) is 93.5 cm³/mol. The van der Waals surface area contributed by atoms with Gasteiger partial charge in [0.1, 0.15) is 12.6 Å². The molecule has 2 amide bonds. The fraction of sp³-hybridized carbons (Fsp3) is 0.438. The number of carboxylic acids is 1. The highest BCUT2D eigenvalue weighted by atomic mass is 32.2. The minimum Gasteiger partial charge on any atom is -0.480 e. The second kappa shape index (κ2) is 11.5. The number of benzene rings is 1. The second-order valence-corrected chi connectivity index (χ2v) is 6.15. The van der Waals surface area contributed by atoms with Crippen LogP contribution in [0.3, 0.4) is 0 Å². The lowest BCUT2D eigenvalue weighted by Crippen LogP contribution is -2.49. The van der Waals surface area contributed by atoms with Gasteiger partial charge >= 0.3 is 5.97 Å². The molecular weight excluding hydrogens is 330 g/mol. The van der Waals surface area contributed by atoms with Crippen molar-refractivity contribution in [1.29, 1.82) is 0 Å². The molecule has 1 aromatic rings. The van der Waals surface area contributed by atoms with Crippen molar-refractivity contribution in [2.24, 2.45) is 5.73 Å². The number of carbonyl (C=O) groups is 3. The maximum atomic E-state index is 12.1. The summed E-state index contributed by atoms with van der Waals surface area (Å²) in [7, 11) is 0. The summed E-state index contributed by atoms with van der Waals surface area (Å²) in [4.78, 5) is 34.5. The molecule has 1 atom stereocenters. The van der Waals surface area contributed by atoms with E-state index in [2.05, 4.69) is 10.6 Å². The zero-order valence-corrected chi connectivity index (χ0v) is 14.2. The molecule has 0 aliphatic carbocycles. The van der Waals surface area contributed by atoms with Gasteiger partial charge in [-0.15, -0.1) is 0 Å². The Morgan fingerprint density at radius 3 is 2.54 bits per heavy atom. The second-order valence-electron chi connectivity index (χ2n) is 5.12.